The quantitative estimate of drug-likeness (QED) is 0.614. The average molecular weight is 398 g/mol. The third-order valence-electron chi connectivity index (χ3n) is 5.23. The summed E-state index contributed by atoms with van der Waals surface area (Å²) in [7, 11) is 1.65. The Morgan fingerprint density at radius 2 is 2.03 bits per heavy atom. The van der Waals surface area contributed by atoms with Crippen LogP contribution in [0.1, 0.15) is 30.8 Å². The van der Waals surface area contributed by atoms with Gasteiger partial charge in [-0.25, -0.2) is 4.98 Å². The number of carbonyl (C=O) groups excluding carboxylic acids is 1. The Bertz CT molecular complexity index is 1090. The van der Waals surface area contributed by atoms with Gasteiger partial charge in [0.25, 0.3) is 11.5 Å². The number of amides is 1. The highest BCUT2D eigenvalue weighted by Gasteiger charge is 2.29. The van der Waals surface area contributed by atoms with E-state index >= 15 is 0 Å². The fourth-order valence-electron chi connectivity index (χ4n) is 4.03. The Hall–Kier alpha value is -2.71. The van der Waals surface area contributed by atoms with E-state index in [4.69, 9.17) is 9.47 Å². The first-order valence-electron chi connectivity index (χ1n) is 9.94. The number of morpholine rings is 1. The van der Waals surface area contributed by atoms with Crippen LogP contribution in [0.2, 0.25) is 0 Å². The number of ether oxygens (including phenoxy) is 2. The number of carbonyl (C=O) groups is 1. The second-order valence-electron chi connectivity index (χ2n) is 7.58. The van der Waals surface area contributed by atoms with Gasteiger partial charge in [-0.15, -0.1) is 0 Å². The van der Waals surface area contributed by atoms with E-state index in [2.05, 4.69) is 4.98 Å². The van der Waals surface area contributed by atoms with Crippen molar-refractivity contribution in [3.8, 4) is 0 Å². The maximum absolute atomic E-state index is 13.4. The first kappa shape index (κ1) is 19.6. The number of hydrogen-bond donors (Lipinski definition) is 0. The summed E-state index contributed by atoms with van der Waals surface area (Å²) in [5.41, 5.74) is 1.41. The molecule has 8 nitrogen and oxygen atoms in total. The van der Waals surface area contributed by atoms with Crippen molar-refractivity contribution in [3.63, 3.8) is 0 Å². The topological polar surface area (TPSA) is 78.1 Å². The molecule has 0 bridgehead atoms. The van der Waals surface area contributed by atoms with Gasteiger partial charge in [0, 0.05) is 39.5 Å². The molecular weight excluding hydrogens is 372 g/mol. The van der Waals surface area contributed by atoms with E-state index in [1.54, 1.807) is 36.4 Å². The van der Waals surface area contributed by atoms with E-state index in [1.807, 2.05) is 24.5 Å². The summed E-state index contributed by atoms with van der Waals surface area (Å²) >= 11 is 0. The minimum atomic E-state index is -0.172. The largest absolute Gasteiger partial charge is 0.385 e. The summed E-state index contributed by atoms with van der Waals surface area (Å²) in [4.78, 5) is 32.9. The molecule has 0 radical (unpaired) electrons. The molecule has 0 spiro atoms. The molecule has 3 aromatic rings. The van der Waals surface area contributed by atoms with E-state index < -0.39 is 0 Å². The molecule has 4 heterocycles. The normalized spacial score (nSPS) is 19.9. The third kappa shape index (κ3) is 3.65. The van der Waals surface area contributed by atoms with E-state index in [-0.39, 0.29) is 23.7 Å². The van der Waals surface area contributed by atoms with Crippen molar-refractivity contribution < 1.29 is 14.3 Å². The second-order valence-corrected chi connectivity index (χ2v) is 7.58. The highest BCUT2D eigenvalue weighted by molar-refractivity contribution is 5.98. The molecule has 154 valence electrons. The fraction of sp³-hybridized carbons (Fsp3) is 0.476. The highest BCUT2D eigenvalue weighted by atomic mass is 16.5. The maximum atomic E-state index is 13.4. The van der Waals surface area contributed by atoms with Crippen LogP contribution in [0.25, 0.3) is 16.7 Å². The Morgan fingerprint density at radius 1 is 1.28 bits per heavy atom. The molecule has 1 aliphatic rings. The average Bonchev–Trinajstić information content (AvgIpc) is 3.06. The fourth-order valence-corrected chi connectivity index (χ4v) is 4.03. The SMILES string of the molecule is COCCCn1c(C(=O)N2C[C@@H](C)O[C@H](C)C2)cc2c(=O)n3ccccc3nc21. The van der Waals surface area contributed by atoms with Gasteiger partial charge in [-0.3, -0.25) is 14.0 Å². The molecule has 3 aromatic heterocycles. The molecule has 1 amide bonds. The third-order valence-corrected chi connectivity index (χ3v) is 5.23. The summed E-state index contributed by atoms with van der Waals surface area (Å²) in [6.07, 6.45) is 2.35. The molecule has 0 unspecified atom stereocenters. The number of pyridine rings is 1. The smallest absolute Gasteiger partial charge is 0.270 e. The van der Waals surface area contributed by atoms with Crippen LogP contribution in [0.5, 0.6) is 0 Å². The van der Waals surface area contributed by atoms with Crippen molar-refractivity contribution in [1.82, 2.24) is 18.9 Å². The summed E-state index contributed by atoms with van der Waals surface area (Å²) in [6.45, 7) is 6.08. The van der Waals surface area contributed by atoms with E-state index in [1.165, 1.54) is 4.40 Å². The zero-order chi connectivity index (χ0) is 20.5. The van der Waals surface area contributed by atoms with Gasteiger partial charge in [0.05, 0.1) is 17.6 Å². The summed E-state index contributed by atoms with van der Waals surface area (Å²) in [5.74, 6) is -0.101. The maximum Gasteiger partial charge on any atom is 0.270 e. The van der Waals surface area contributed by atoms with Gasteiger partial charge in [0.2, 0.25) is 0 Å². The molecule has 0 aliphatic carbocycles. The molecule has 0 N–H and O–H groups in total. The van der Waals surface area contributed by atoms with Crippen molar-refractivity contribution in [2.75, 3.05) is 26.8 Å². The van der Waals surface area contributed by atoms with Gasteiger partial charge >= 0.3 is 0 Å². The van der Waals surface area contributed by atoms with Crippen LogP contribution in [0.15, 0.2) is 35.3 Å². The molecule has 1 aliphatic heterocycles. The zero-order valence-corrected chi connectivity index (χ0v) is 17.0. The Kier molecular flexibility index (Phi) is 5.38. The molecule has 0 aromatic carbocycles. The lowest BCUT2D eigenvalue weighted by Crippen LogP contribution is -2.48. The van der Waals surface area contributed by atoms with Crippen molar-refractivity contribution in [2.24, 2.45) is 0 Å². The lowest BCUT2D eigenvalue weighted by Gasteiger charge is -2.35. The summed E-state index contributed by atoms with van der Waals surface area (Å²) < 4.78 is 14.3. The number of hydrogen-bond acceptors (Lipinski definition) is 5. The molecule has 8 heteroatoms. The number of nitrogens with zero attached hydrogens (tertiary/aromatic N) is 4. The molecule has 2 atom stereocenters. The molecule has 4 rings (SSSR count). The minimum absolute atomic E-state index is 0.0274. The number of aryl methyl sites for hydroxylation is 1. The van der Waals surface area contributed by atoms with E-state index in [9.17, 15) is 9.59 Å². The molecule has 1 fully saturated rings. The van der Waals surface area contributed by atoms with Crippen molar-refractivity contribution >= 4 is 22.6 Å². The predicted octanol–water partition coefficient (Wildman–Crippen LogP) is 1.94. The van der Waals surface area contributed by atoms with Crippen LogP contribution < -0.4 is 5.56 Å². The van der Waals surface area contributed by atoms with Gasteiger partial charge in [-0.05, 0) is 38.5 Å². The van der Waals surface area contributed by atoms with Gasteiger partial charge in [0.15, 0.2) is 0 Å². The minimum Gasteiger partial charge on any atom is -0.385 e. The first-order chi connectivity index (χ1) is 14.0. The Labute approximate surface area is 168 Å². The van der Waals surface area contributed by atoms with Crippen molar-refractivity contribution in [2.45, 2.75) is 39.0 Å². The van der Waals surface area contributed by atoms with E-state index in [0.29, 0.717) is 55.0 Å². The predicted molar refractivity (Wildman–Crippen MR) is 109 cm³/mol. The zero-order valence-electron chi connectivity index (χ0n) is 17.0. The number of aromatic nitrogens is 3. The number of fused-ring (bicyclic) bond motifs is 2. The van der Waals surface area contributed by atoms with Gasteiger partial charge in [0.1, 0.15) is 17.0 Å². The van der Waals surface area contributed by atoms with Crippen LogP contribution in [0.3, 0.4) is 0 Å². The Morgan fingerprint density at radius 3 is 2.76 bits per heavy atom. The van der Waals surface area contributed by atoms with Crippen molar-refractivity contribution in [3.05, 3.63) is 46.5 Å². The first-order valence-corrected chi connectivity index (χ1v) is 9.94. The van der Waals surface area contributed by atoms with Crippen LogP contribution >= 0.6 is 0 Å². The lowest BCUT2D eigenvalue weighted by atomic mass is 10.2. The molecule has 1 saturated heterocycles. The van der Waals surface area contributed by atoms with E-state index in [0.717, 1.165) is 0 Å². The highest BCUT2D eigenvalue weighted by Crippen LogP contribution is 2.21. The number of rotatable bonds is 5. The summed E-state index contributed by atoms with van der Waals surface area (Å²) in [6, 6.07) is 7.11. The van der Waals surface area contributed by atoms with Gasteiger partial charge < -0.3 is 18.9 Å². The van der Waals surface area contributed by atoms with Crippen LogP contribution in [0.4, 0.5) is 0 Å². The monoisotopic (exact) mass is 398 g/mol. The van der Waals surface area contributed by atoms with Gasteiger partial charge in [-0.1, -0.05) is 6.07 Å². The van der Waals surface area contributed by atoms with Gasteiger partial charge in [-0.2, -0.15) is 0 Å². The molecule has 29 heavy (non-hydrogen) atoms. The van der Waals surface area contributed by atoms with Crippen LogP contribution in [-0.4, -0.2) is 63.8 Å². The lowest BCUT2D eigenvalue weighted by molar-refractivity contribution is -0.0588. The molecular formula is C21H26N4O4. The standard InChI is InChI=1S/C21H26N4O4/c1-14-12-23(13-15(2)29-14)21(27)17-11-16-19(24(17)9-6-10-28-3)22-18-7-4-5-8-25(18)20(16)26/h4-5,7-8,11,14-15H,6,9-10,12-13H2,1-3H3/t14-,15-/m1/s1. The second kappa shape index (κ2) is 7.96. The van der Waals surface area contributed by atoms with Crippen LogP contribution in [-0.2, 0) is 16.0 Å². The Balaban J connectivity index is 1.84. The van der Waals surface area contributed by atoms with Crippen LogP contribution in [0, 0.1) is 0 Å². The number of methoxy groups -OCH3 is 1. The van der Waals surface area contributed by atoms with Crippen molar-refractivity contribution in [1.29, 1.82) is 0 Å². The molecule has 0 saturated carbocycles. The summed E-state index contributed by atoms with van der Waals surface area (Å²) in [5, 5.41) is 0.448.